The maximum Gasteiger partial charge on any atom is 0.116 e. The molecule has 2 aliphatic rings. The van der Waals surface area contributed by atoms with Gasteiger partial charge in [0.2, 0.25) is 0 Å². The number of nitrogens with zero attached hydrogens (tertiary/aromatic N) is 3. The van der Waals surface area contributed by atoms with E-state index in [-0.39, 0.29) is 12.1 Å². The van der Waals surface area contributed by atoms with E-state index in [0.29, 0.717) is 18.5 Å². The summed E-state index contributed by atoms with van der Waals surface area (Å²) in [4.78, 5) is 7.80. The van der Waals surface area contributed by atoms with Gasteiger partial charge in [-0.25, -0.2) is 10.8 Å². The average molecular weight is 542 g/mol. The molecular weight excluding hydrogens is 498 g/mol. The first-order chi connectivity index (χ1) is 18.0. The Labute approximate surface area is 230 Å². The Balaban J connectivity index is 0.000000193. The standard InChI is InChI=1S/C14H23N3S.C13H14N2OS.C2H6/c1-11(12-6-3-2-4-7-12)17(16)10-13(15)14-8-5-9-18-14;1-2-15-8-9(16)7-11(15)13-14-10-5-3-4-6-12(10)17-13;1-2/h5,8-12H,2-4,6-7,15-16H2,1H3;2-6,9,11,16H,1,7-8H2;1-2H3/b13-10-;;. The zero-order valence-corrected chi connectivity index (χ0v) is 24.1. The fourth-order valence-electron chi connectivity index (χ4n) is 4.96. The van der Waals surface area contributed by atoms with Crippen LogP contribution in [0.5, 0.6) is 0 Å². The third-order valence-electron chi connectivity index (χ3n) is 7.04. The molecule has 3 atom stereocenters. The summed E-state index contributed by atoms with van der Waals surface area (Å²) in [5.41, 5.74) is 7.86. The number of hydrogen-bond donors (Lipinski definition) is 3. The predicted octanol–water partition coefficient (Wildman–Crippen LogP) is 6.72. The molecule has 202 valence electrons. The van der Waals surface area contributed by atoms with E-state index >= 15 is 0 Å². The van der Waals surface area contributed by atoms with Crippen molar-refractivity contribution < 1.29 is 5.11 Å². The number of nitrogens with two attached hydrogens (primary N) is 2. The number of likely N-dealkylation sites (tertiary alicyclic amines) is 1. The van der Waals surface area contributed by atoms with Crippen molar-refractivity contribution >= 4 is 38.6 Å². The van der Waals surface area contributed by atoms with E-state index in [1.807, 2.05) is 55.8 Å². The number of benzene rings is 1. The predicted molar refractivity (Wildman–Crippen MR) is 160 cm³/mol. The van der Waals surface area contributed by atoms with Gasteiger partial charge in [0.05, 0.1) is 32.9 Å². The molecule has 0 radical (unpaired) electrons. The first-order valence-electron chi connectivity index (χ1n) is 13.4. The van der Waals surface area contributed by atoms with Gasteiger partial charge in [0, 0.05) is 25.2 Å². The SMILES string of the molecule is C=CN1CC(O)CC1c1nc2ccccc2s1.CC.CC(C1CCCCC1)N(N)/C=C(\N)c1cccs1. The normalized spacial score (nSPS) is 21.0. The number of aliphatic hydroxyl groups excluding tert-OH is 1. The van der Waals surface area contributed by atoms with Gasteiger partial charge in [0.25, 0.3) is 0 Å². The molecule has 1 saturated heterocycles. The number of thiophene rings is 1. The summed E-state index contributed by atoms with van der Waals surface area (Å²) in [6.07, 6.45) is 10.8. The zero-order chi connectivity index (χ0) is 26.8. The van der Waals surface area contributed by atoms with Crippen LogP contribution in [0.4, 0.5) is 0 Å². The van der Waals surface area contributed by atoms with Crippen molar-refractivity contribution in [2.45, 2.75) is 77.5 Å². The summed E-state index contributed by atoms with van der Waals surface area (Å²) in [5.74, 6) is 6.84. The summed E-state index contributed by atoms with van der Waals surface area (Å²) in [6.45, 7) is 10.7. The number of para-hydroxylation sites is 1. The van der Waals surface area contributed by atoms with Crippen molar-refractivity contribution in [2.24, 2.45) is 17.5 Å². The van der Waals surface area contributed by atoms with Gasteiger partial charge < -0.3 is 20.7 Å². The van der Waals surface area contributed by atoms with Crippen molar-refractivity contribution in [2.75, 3.05) is 6.54 Å². The molecule has 3 unspecified atom stereocenters. The first-order valence-corrected chi connectivity index (χ1v) is 15.1. The molecule has 0 bridgehead atoms. The Hall–Kier alpha value is -2.39. The van der Waals surface area contributed by atoms with Crippen LogP contribution in [0.25, 0.3) is 15.9 Å². The van der Waals surface area contributed by atoms with E-state index in [2.05, 4.69) is 29.5 Å². The van der Waals surface area contributed by atoms with Crippen LogP contribution < -0.4 is 11.6 Å². The van der Waals surface area contributed by atoms with Crippen LogP contribution in [0, 0.1) is 5.92 Å². The molecule has 8 heteroatoms. The summed E-state index contributed by atoms with van der Waals surface area (Å²) in [5, 5.41) is 14.6. The van der Waals surface area contributed by atoms with E-state index in [9.17, 15) is 5.11 Å². The van der Waals surface area contributed by atoms with E-state index < -0.39 is 0 Å². The van der Waals surface area contributed by atoms with E-state index in [1.165, 1.54) is 36.8 Å². The Morgan fingerprint density at radius 3 is 2.57 bits per heavy atom. The molecule has 5 rings (SSSR count). The van der Waals surface area contributed by atoms with Gasteiger partial charge in [-0.15, -0.1) is 22.7 Å². The van der Waals surface area contributed by atoms with Crippen molar-refractivity contribution in [1.29, 1.82) is 0 Å². The van der Waals surface area contributed by atoms with Gasteiger partial charge in [-0.3, -0.25) is 0 Å². The maximum absolute atomic E-state index is 9.72. The number of aliphatic hydroxyl groups is 1. The van der Waals surface area contributed by atoms with Crippen LogP contribution in [0.2, 0.25) is 0 Å². The molecule has 0 spiro atoms. The summed E-state index contributed by atoms with van der Waals surface area (Å²) >= 11 is 3.35. The Morgan fingerprint density at radius 2 is 1.92 bits per heavy atom. The van der Waals surface area contributed by atoms with Crippen molar-refractivity contribution in [1.82, 2.24) is 14.9 Å². The lowest BCUT2D eigenvalue weighted by Gasteiger charge is -2.33. The molecule has 1 saturated carbocycles. The highest BCUT2D eigenvalue weighted by molar-refractivity contribution is 7.18. The summed E-state index contributed by atoms with van der Waals surface area (Å²) in [6, 6.07) is 12.7. The van der Waals surface area contributed by atoms with Gasteiger partial charge in [0.1, 0.15) is 5.01 Å². The lowest BCUT2D eigenvalue weighted by molar-refractivity contribution is 0.180. The number of hydrogen-bond acceptors (Lipinski definition) is 8. The molecular formula is C29H43N5OS2. The molecule has 6 nitrogen and oxygen atoms in total. The molecule has 2 aromatic heterocycles. The van der Waals surface area contributed by atoms with Gasteiger partial charge in [0.15, 0.2) is 0 Å². The van der Waals surface area contributed by atoms with E-state index in [0.717, 1.165) is 27.5 Å². The molecule has 37 heavy (non-hydrogen) atoms. The van der Waals surface area contributed by atoms with Gasteiger partial charge in [-0.2, -0.15) is 0 Å². The number of aromatic nitrogens is 1. The van der Waals surface area contributed by atoms with Gasteiger partial charge >= 0.3 is 0 Å². The number of hydrazine groups is 1. The highest BCUT2D eigenvalue weighted by Crippen LogP contribution is 2.36. The highest BCUT2D eigenvalue weighted by Gasteiger charge is 2.31. The Kier molecular flexibility index (Phi) is 11.4. The zero-order valence-electron chi connectivity index (χ0n) is 22.4. The second-order valence-corrected chi connectivity index (χ2v) is 11.5. The fraction of sp³-hybridized carbons (Fsp3) is 0.483. The third-order valence-corrected chi connectivity index (χ3v) is 9.10. The van der Waals surface area contributed by atoms with Crippen molar-refractivity contribution in [3.8, 4) is 0 Å². The lowest BCUT2D eigenvalue weighted by atomic mass is 9.84. The number of β-amino-alcohol motifs (C(OH)–C–C–N with tert-alkyl or cyclic N) is 1. The third kappa shape index (κ3) is 7.80. The fourth-order valence-corrected chi connectivity index (χ4v) is 6.71. The topological polar surface area (TPSA) is 91.6 Å². The molecule has 2 fully saturated rings. The van der Waals surface area contributed by atoms with Crippen LogP contribution >= 0.6 is 22.7 Å². The van der Waals surface area contributed by atoms with Crippen LogP contribution in [0.15, 0.2) is 60.8 Å². The van der Waals surface area contributed by atoms with E-state index in [1.54, 1.807) is 33.9 Å². The van der Waals surface area contributed by atoms with Crippen molar-refractivity contribution in [3.63, 3.8) is 0 Å². The second kappa shape index (κ2) is 14.5. The molecule has 0 amide bonds. The van der Waals surface area contributed by atoms with Crippen LogP contribution in [0.3, 0.4) is 0 Å². The monoisotopic (exact) mass is 541 g/mol. The largest absolute Gasteiger partial charge is 0.396 e. The summed E-state index contributed by atoms with van der Waals surface area (Å²) in [7, 11) is 0. The lowest BCUT2D eigenvalue weighted by Crippen LogP contribution is -2.40. The molecule has 1 aromatic carbocycles. The molecule has 1 aliphatic heterocycles. The average Bonchev–Trinajstić information content (AvgIpc) is 3.69. The second-order valence-electron chi connectivity index (χ2n) is 9.45. The minimum atomic E-state index is -0.273. The number of fused-ring (bicyclic) bond motifs is 1. The Morgan fingerprint density at radius 1 is 1.19 bits per heavy atom. The molecule has 3 heterocycles. The summed E-state index contributed by atoms with van der Waals surface area (Å²) < 4.78 is 1.20. The van der Waals surface area contributed by atoms with Crippen LogP contribution in [-0.4, -0.2) is 38.7 Å². The van der Waals surface area contributed by atoms with Gasteiger partial charge in [-0.1, -0.05) is 57.9 Å². The smallest absolute Gasteiger partial charge is 0.116 e. The number of rotatable bonds is 6. The molecule has 3 aromatic rings. The van der Waals surface area contributed by atoms with E-state index in [4.69, 9.17) is 11.6 Å². The molecule has 5 N–H and O–H groups in total. The van der Waals surface area contributed by atoms with Crippen LogP contribution in [-0.2, 0) is 0 Å². The Bertz CT molecular complexity index is 1070. The van der Waals surface area contributed by atoms with Crippen LogP contribution in [0.1, 0.15) is 75.2 Å². The van der Waals surface area contributed by atoms with Crippen molar-refractivity contribution in [3.05, 3.63) is 70.6 Å². The minimum absolute atomic E-state index is 0.180. The first kappa shape index (κ1) is 29.2. The minimum Gasteiger partial charge on any atom is -0.396 e. The number of thiazole rings is 1. The highest BCUT2D eigenvalue weighted by atomic mass is 32.1. The molecule has 1 aliphatic carbocycles. The quantitative estimate of drug-likeness (QED) is 0.237. The maximum atomic E-state index is 9.72. The van der Waals surface area contributed by atoms with Gasteiger partial charge in [-0.05, 0) is 55.5 Å².